The number of methoxy groups -OCH3 is 1. The number of aliphatic imine (C=N–C) groups is 1. The molecule has 2 atom stereocenters. The molecule has 33 heavy (non-hydrogen) atoms. The molecule has 1 fully saturated rings. The van der Waals surface area contributed by atoms with Crippen molar-refractivity contribution in [3.05, 3.63) is 60.0 Å². The van der Waals surface area contributed by atoms with E-state index in [1.807, 2.05) is 45.4 Å². The number of aryl methyl sites for hydroxylation is 1. The summed E-state index contributed by atoms with van der Waals surface area (Å²) in [5.41, 5.74) is 9.77. The Hall–Kier alpha value is -4.01. The molecule has 9 heteroatoms. The van der Waals surface area contributed by atoms with Gasteiger partial charge in [-0.2, -0.15) is 5.10 Å². The van der Waals surface area contributed by atoms with Crippen LogP contribution in [0.25, 0.3) is 16.3 Å². The Labute approximate surface area is 192 Å². The first-order chi connectivity index (χ1) is 15.8. The molecular formula is C24H27N7O2. The van der Waals surface area contributed by atoms with Crippen LogP contribution in [-0.4, -0.2) is 39.0 Å². The highest BCUT2D eigenvalue weighted by molar-refractivity contribution is 6.12. The zero-order chi connectivity index (χ0) is 23.7. The van der Waals surface area contributed by atoms with Crippen LogP contribution in [0, 0.1) is 5.92 Å². The number of amides is 1. The molecule has 9 nitrogen and oxygen atoms in total. The zero-order valence-corrected chi connectivity index (χ0v) is 19.2. The molecule has 0 bridgehead atoms. The van der Waals surface area contributed by atoms with E-state index in [0.717, 1.165) is 28.5 Å². The van der Waals surface area contributed by atoms with Crippen molar-refractivity contribution >= 4 is 40.1 Å². The van der Waals surface area contributed by atoms with Gasteiger partial charge in [-0.15, -0.1) is 0 Å². The number of rotatable bonds is 7. The number of allylic oxidation sites excluding steroid dienone is 2. The van der Waals surface area contributed by atoms with Gasteiger partial charge in [0.25, 0.3) is 0 Å². The largest absolute Gasteiger partial charge is 0.481 e. The van der Waals surface area contributed by atoms with Gasteiger partial charge in [-0.1, -0.05) is 5.57 Å². The minimum Gasteiger partial charge on any atom is -0.481 e. The summed E-state index contributed by atoms with van der Waals surface area (Å²) in [7, 11) is 3.38. The van der Waals surface area contributed by atoms with Crippen LogP contribution in [0.3, 0.4) is 0 Å². The predicted octanol–water partition coefficient (Wildman–Crippen LogP) is 3.67. The maximum Gasteiger partial charge on any atom is 0.229 e. The van der Waals surface area contributed by atoms with Crippen LogP contribution in [0.5, 0.6) is 0 Å². The Kier molecular flexibility index (Phi) is 5.95. The van der Waals surface area contributed by atoms with Gasteiger partial charge >= 0.3 is 0 Å². The summed E-state index contributed by atoms with van der Waals surface area (Å²) >= 11 is 0. The molecule has 170 valence electrons. The Bertz CT molecular complexity index is 1300. The quantitative estimate of drug-likeness (QED) is 0.423. The van der Waals surface area contributed by atoms with Crippen molar-refractivity contribution in [2.75, 3.05) is 18.2 Å². The van der Waals surface area contributed by atoms with Gasteiger partial charge in [-0.3, -0.25) is 9.48 Å². The number of hydrogen-bond acceptors (Lipinski definition) is 7. The lowest BCUT2D eigenvalue weighted by Gasteiger charge is -2.10. The second-order valence-corrected chi connectivity index (χ2v) is 8.34. The normalized spacial score (nSPS) is 17.2. The van der Waals surface area contributed by atoms with Gasteiger partial charge in [0, 0.05) is 42.5 Å². The van der Waals surface area contributed by atoms with Crippen molar-refractivity contribution in [1.82, 2.24) is 19.7 Å². The molecular weight excluding hydrogens is 418 g/mol. The molecule has 0 unspecified atom stereocenters. The van der Waals surface area contributed by atoms with E-state index in [1.165, 1.54) is 7.11 Å². The van der Waals surface area contributed by atoms with E-state index < -0.39 is 0 Å². The number of nitrogens with one attached hydrogen (secondary N) is 1. The second kappa shape index (κ2) is 8.85. The number of ether oxygens (including phenoxy) is 1. The number of nitrogens with zero attached hydrogens (tertiary/aromatic N) is 5. The SMILES string of the molecule is C=C(N=CC(=C(C)C)c1cc2cc(NC(=O)[C@H]3C[C@@H]3c3cnn(C)c3)ncc2c(N)n1)OC. The van der Waals surface area contributed by atoms with E-state index in [2.05, 4.69) is 32.0 Å². The first-order valence-corrected chi connectivity index (χ1v) is 10.6. The summed E-state index contributed by atoms with van der Waals surface area (Å²) in [4.78, 5) is 25.9. The molecule has 1 amide bonds. The van der Waals surface area contributed by atoms with Crippen molar-refractivity contribution in [1.29, 1.82) is 0 Å². The number of nitrogens with two attached hydrogens (primary N) is 1. The van der Waals surface area contributed by atoms with E-state index in [4.69, 9.17) is 10.5 Å². The standard InChI is InChI=1S/C24H27N7O2/c1-13(2)19(10-26-14(3)33-5)21-6-15-7-22(27-11-20(15)23(25)29-21)30-24(32)18-8-17(18)16-9-28-31(4)12-16/h6-7,9-12,17-18H,3,8H2,1-2,4-5H3,(H2,25,29)(H,27,30,32)/t17-,18+/m1/s1. The highest BCUT2D eigenvalue weighted by Crippen LogP contribution is 2.47. The Morgan fingerprint density at radius 2 is 2.15 bits per heavy atom. The second-order valence-electron chi connectivity index (χ2n) is 8.34. The van der Waals surface area contributed by atoms with Gasteiger partial charge in [-0.05, 0) is 55.8 Å². The summed E-state index contributed by atoms with van der Waals surface area (Å²) in [5.74, 6) is 1.19. The van der Waals surface area contributed by atoms with Crippen LogP contribution < -0.4 is 11.1 Å². The monoisotopic (exact) mass is 445 g/mol. The molecule has 0 saturated heterocycles. The van der Waals surface area contributed by atoms with Crippen molar-refractivity contribution in [3.8, 4) is 0 Å². The van der Waals surface area contributed by atoms with Crippen molar-refractivity contribution < 1.29 is 9.53 Å². The first-order valence-electron chi connectivity index (χ1n) is 10.6. The highest BCUT2D eigenvalue weighted by atomic mass is 16.5. The van der Waals surface area contributed by atoms with Gasteiger partial charge < -0.3 is 15.8 Å². The van der Waals surface area contributed by atoms with Crippen molar-refractivity contribution in [2.24, 2.45) is 18.0 Å². The zero-order valence-electron chi connectivity index (χ0n) is 19.2. The van der Waals surface area contributed by atoms with E-state index in [1.54, 1.807) is 17.1 Å². The van der Waals surface area contributed by atoms with Crippen LogP contribution in [0.4, 0.5) is 11.6 Å². The summed E-state index contributed by atoms with van der Waals surface area (Å²) < 4.78 is 6.76. The minimum atomic E-state index is -0.0767. The van der Waals surface area contributed by atoms with E-state index >= 15 is 0 Å². The van der Waals surface area contributed by atoms with E-state index in [-0.39, 0.29) is 17.7 Å². The summed E-state index contributed by atoms with van der Waals surface area (Å²) in [6, 6.07) is 3.71. The Morgan fingerprint density at radius 1 is 1.36 bits per heavy atom. The van der Waals surface area contributed by atoms with Crippen LogP contribution in [-0.2, 0) is 16.6 Å². The fourth-order valence-electron chi connectivity index (χ4n) is 3.72. The van der Waals surface area contributed by atoms with Gasteiger partial charge in [-0.25, -0.2) is 15.0 Å². The number of pyridine rings is 2. The third-order valence-electron chi connectivity index (χ3n) is 5.66. The number of nitrogen functional groups attached to an aromatic ring is 1. The molecule has 0 radical (unpaired) electrons. The molecule has 0 aromatic carbocycles. The number of carbonyl (C=O) groups excluding carboxylic acids is 1. The average Bonchev–Trinajstić information content (AvgIpc) is 3.46. The molecule has 1 saturated carbocycles. The predicted molar refractivity (Wildman–Crippen MR) is 130 cm³/mol. The minimum absolute atomic E-state index is 0.0480. The van der Waals surface area contributed by atoms with Gasteiger partial charge in [0.05, 0.1) is 19.0 Å². The number of fused-ring (bicyclic) bond motifs is 1. The van der Waals surface area contributed by atoms with E-state index in [0.29, 0.717) is 28.6 Å². The molecule has 1 aliphatic carbocycles. The van der Waals surface area contributed by atoms with E-state index in [9.17, 15) is 4.79 Å². The lowest BCUT2D eigenvalue weighted by molar-refractivity contribution is -0.117. The topological polar surface area (TPSA) is 120 Å². The third kappa shape index (κ3) is 4.77. The molecule has 3 aromatic heterocycles. The molecule has 4 rings (SSSR count). The molecule has 0 spiro atoms. The highest BCUT2D eigenvalue weighted by Gasteiger charge is 2.44. The number of anilines is 2. The lowest BCUT2D eigenvalue weighted by Crippen LogP contribution is -2.15. The molecule has 3 aromatic rings. The first kappa shape index (κ1) is 22.2. The summed E-state index contributed by atoms with van der Waals surface area (Å²) in [6.45, 7) is 7.64. The number of aromatic nitrogens is 4. The average molecular weight is 446 g/mol. The van der Waals surface area contributed by atoms with Crippen molar-refractivity contribution in [2.45, 2.75) is 26.2 Å². The Morgan fingerprint density at radius 3 is 2.82 bits per heavy atom. The summed E-state index contributed by atoms with van der Waals surface area (Å²) in [6.07, 6.45) is 7.86. The third-order valence-corrected chi connectivity index (χ3v) is 5.66. The van der Waals surface area contributed by atoms with Crippen molar-refractivity contribution in [3.63, 3.8) is 0 Å². The molecule has 0 aliphatic heterocycles. The molecule has 3 heterocycles. The van der Waals surface area contributed by atoms with Crippen LogP contribution in [0.1, 0.15) is 37.4 Å². The smallest absolute Gasteiger partial charge is 0.229 e. The lowest BCUT2D eigenvalue weighted by atomic mass is 10.1. The fourth-order valence-corrected chi connectivity index (χ4v) is 3.72. The number of hydrogen-bond donors (Lipinski definition) is 2. The van der Waals surface area contributed by atoms with Gasteiger partial charge in [0.2, 0.25) is 11.8 Å². The maximum atomic E-state index is 12.7. The van der Waals surface area contributed by atoms with Crippen LogP contribution >= 0.6 is 0 Å². The van der Waals surface area contributed by atoms with Gasteiger partial charge in [0.15, 0.2) is 0 Å². The van der Waals surface area contributed by atoms with Crippen LogP contribution in [0.2, 0.25) is 0 Å². The summed E-state index contributed by atoms with van der Waals surface area (Å²) in [5, 5.41) is 8.66. The van der Waals surface area contributed by atoms with Crippen LogP contribution in [0.15, 0.2) is 53.8 Å². The molecule has 3 N–H and O–H groups in total. The Balaban J connectivity index is 1.58. The molecule has 1 aliphatic rings. The maximum absolute atomic E-state index is 12.7. The fraction of sp³-hybridized carbons (Fsp3) is 0.292. The number of carbonyl (C=O) groups is 1. The van der Waals surface area contributed by atoms with Gasteiger partial charge in [0.1, 0.15) is 11.6 Å².